The minimum Gasteiger partial charge on any atom is -0.491 e. The molecule has 2 aromatic carbocycles. The van der Waals surface area contributed by atoms with Crippen LogP contribution in [0.1, 0.15) is 35.6 Å². The molecule has 0 amide bonds. The van der Waals surface area contributed by atoms with E-state index in [-0.39, 0.29) is 28.6 Å². The van der Waals surface area contributed by atoms with E-state index in [2.05, 4.69) is 15.0 Å². The SMILES string of the molecule is CN(CCCOc1cc([N+](=O)[O-])ccc1-n1cnc(Cl)c1)c1nc(Cl)nc2c1CCC2c1ccc(F)cc1F. The molecule has 0 saturated heterocycles. The van der Waals surface area contributed by atoms with Crippen molar-refractivity contribution in [1.82, 2.24) is 19.5 Å². The third kappa shape index (κ3) is 5.64. The van der Waals surface area contributed by atoms with Crippen molar-refractivity contribution >= 4 is 34.7 Å². The molecule has 2 heterocycles. The van der Waals surface area contributed by atoms with Gasteiger partial charge in [-0.1, -0.05) is 17.7 Å². The van der Waals surface area contributed by atoms with Gasteiger partial charge in [-0.05, 0) is 48.6 Å². The highest BCUT2D eigenvalue weighted by Crippen LogP contribution is 2.41. The van der Waals surface area contributed by atoms with Crippen LogP contribution >= 0.6 is 23.2 Å². The first-order valence-electron chi connectivity index (χ1n) is 12.0. The number of non-ortho nitro benzene ring substituents is 1. The number of halogens is 4. The van der Waals surface area contributed by atoms with Gasteiger partial charge in [-0.3, -0.25) is 10.1 Å². The number of aromatic nitrogens is 4. The van der Waals surface area contributed by atoms with Crippen molar-refractivity contribution in [2.45, 2.75) is 25.2 Å². The van der Waals surface area contributed by atoms with E-state index in [9.17, 15) is 18.9 Å². The van der Waals surface area contributed by atoms with E-state index >= 15 is 0 Å². The molecule has 1 aliphatic carbocycles. The Kier molecular flexibility index (Phi) is 7.62. The lowest BCUT2D eigenvalue weighted by Gasteiger charge is -2.22. The lowest BCUT2D eigenvalue weighted by molar-refractivity contribution is -0.384. The van der Waals surface area contributed by atoms with Gasteiger partial charge in [0.05, 0.1) is 29.0 Å². The Balaban J connectivity index is 1.30. The number of ether oxygens (including phenoxy) is 1. The second kappa shape index (κ2) is 11.1. The largest absolute Gasteiger partial charge is 0.491 e. The highest BCUT2D eigenvalue weighted by molar-refractivity contribution is 6.29. The molecule has 0 N–H and O–H groups in total. The Morgan fingerprint density at radius 3 is 2.74 bits per heavy atom. The quantitative estimate of drug-likeness (QED) is 0.102. The summed E-state index contributed by atoms with van der Waals surface area (Å²) in [5.41, 5.74) is 2.34. The lowest BCUT2D eigenvalue weighted by Crippen LogP contribution is -2.23. The number of hydrogen-bond donors (Lipinski definition) is 0. The molecule has 4 aromatic rings. The van der Waals surface area contributed by atoms with E-state index in [4.69, 9.17) is 27.9 Å². The molecule has 0 fully saturated rings. The van der Waals surface area contributed by atoms with Gasteiger partial charge in [0.15, 0.2) is 0 Å². The van der Waals surface area contributed by atoms with Crippen molar-refractivity contribution in [3.63, 3.8) is 0 Å². The number of hydrogen-bond acceptors (Lipinski definition) is 7. The normalized spacial score (nSPS) is 14.3. The molecule has 0 radical (unpaired) electrons. The summed E-state index contributed by atoms with van der Waals surface area (Å²) in [4.78, 5) is 25.5. The molecule has 1 aliphatic rings. The van der Waals surface area contributed by atoms with Crippen molar-refractivity contribution in [1.29, 1.82) is 0 Å². The Morgan fingerprint density at radius 2 is 2.03 bits per heavy atom. The van der Waals surface area contributed by atoms with Gasteiger partial charge >= 0.3 is 0 Å². The fourth-order valence-corrected chi connectivity index (χ4v) is 5.10. The van der Waals surface area contributed by atoms with Gasteiger partial charge in [-0.25, -0.2) is 23.7 Å². The number of nitrogens with zero attached hydrogens (tertiary/aromatic N) is 6. The fourth-order valence-electron chi connectivity index (χ4n) is 4.78. The summed E-state index contributed by atoms with van der Waals surface area (Å²) in [5, 5.41) is 11.6. The molecule has 13 heteroatoms. The van der Waals surface area contributed by atoms with Crippen molar-refractivity contribution < 1.29 is 18.4 Å². The maximum Gasteiger partial charge on any atom is 0.273 e. The van der Waals surface area contributed by atoms with Crippen LogP contribution in [0.4, 0.5) is 20.3 Å². The van der Waals surface area contributed by atoms with Gasteiger partial charge in [0, 0.05) is 43.4 Å². The first-order valence-corrected chi connectivity index (χ1v) is 12.8. The van der Waals surface area contributed by atoms with Crippen LogP contribution in [-0.4, -0.2) is 44.6 Å². The predicted molar refractivity (Wildman–Crippen MR) is 142 cm³/mol. The second-order valence-electron chi connectivity index (χ2n) is 9.07. The molecule has 0 spiro atoms. The standard InChI is InChI=1S/C26H22Cl2F2N6O3/c1-34(9-2-10-39-22-12-16(36(37)38)4-8-21(22)35-13-23(27)31-14-35)25-19-7-6-18(24(19)32-26(28)33-25)17-5-3-15(29)11-20(17)30/h3-5,8,11-14,18H,2,6-7,9-10H2,1H3. The number of fused-ring (bicyclic) bond motifs is 1. The molecule has 5 rings (SSSR count). The summed E-state index contributed by atoms with van der Waals surface area (Å²) >= 11 is 12.2. The third-order valence-electron chi connectivity index (χ3n) is 6.58. The Hall–Kier alpha value is -3.83. The van der Waals surface area contributed by atoms with E-state index < -0.39 is 16.6 Å². The zero-order chi connectivity index (χ0) is 27.7. The van der Waals surface area contributed by atoms with Crippen molar-refractivity contribution in [2.24, 2.45) is 0 Å². The minimum atomic E-state index is -0.635. The van der Waals surface area contributed by atoms with E-state index in [0.29, 0.717) is 54.3 Å². The number of rotatable bonds is 9. The summed E-state index contributed by atoms with van der Waals surface area (Å²) in [6.07, 6.45) is 4.84. The molecule has 0 aliphatic heterocycles. The smallest absolute Gasteiger partial charge is 0.273 e. The molecule has 1 atom stereocenters. The summed E-state index contributed by atoms with van der Waals surface area (Å²) in [6, 6.07) is 7.87. The highest BCUT2D eigenvalue weighted by Gasteiger charge is 2.32. The van der Waals surface area contributed by atoms with Gasteiger partial charge in [0.2, 0.25) is 5.28 Å². The topological polar surface area (TPSA) is 99.2 Å². The van der Waals surface area contributed by atoms with Gasteiger partial charge in [0.25, 0.3) is 5.69 Å². The van der Waals surface area contributed by atoms with Crippen LogP contribution in [0, 0.1) is 21.7 Å². The highest BCUT2D eigenvalue weighted by atomic mass is 35.5. The molecule has 0 saturated carbocycles. The van der Waals surface area contributed by atoms with Crippen LogP contribution in [0.5, 0.6) is 5.75 Å². The summed E-state index contributed by atoms with van der Waals surface area (Å²) in [6.45, 7) is 0.780. The van der Waals surface area contributed by atoms with Gasteiger partial charge in [-0.15, -0.1) is 0 Å². The molecule has 2 aromatic heterocycles. The van der Waals surface area contributed by atoms with Crippen LogP contribution in [0.25, 0.3) is 5.69 Å². The zero-order valence-electron chi connectivity index (χ0n) is 20.7. The molecule has 9 nitrogen and oxygen atoms in total. The number of benzene rings is 2. The average Bonchev–Trinajstić information content (AvgIpc) is 3.52. The molecule has 1 unspecified atom stereocenters. The van der Waals surface area contributed by atoms with Gasteiger partial charge < -0.3 is 14.2 Å². The maximum absolute atomic E-state index is 14.5. The number of nitro groups is 1. The van der Waals surface area contributed by atoms with Crippen LogP contribution in [0.2, 0.25) is 10.4 Å². The molecular weight excluding hydrogens is 553 g/mol. The van der Waals surface area contributed by atoms with Crippen LogP contribution in [0.15, 0.2) is 48.9 Å². The monoisotopic (exact) mass is 574 g/mol. The second-order valence-corrected chi connectivity index (χ2v) is 9.80. The van der Waals surface area contributed by atoms with Crippen LogP contribution < -0.4 is 9.64 Å². The molecule has 39 heavy (non-hydrogen) atoms. The van der Waals surface area contributed by atoms with E-state index in [1.807, 2.05) is 11.9 Å². The van der Waals surface area contributed by atoms with E-state index in [0.717, 1.165) is 11.6 Å². The van der Waals surface area contributed by atoms with Crippen molar-refractivity contribution in [3.8, 4) is 11.4 Å². The Bertz CT molecular complexity index is 1550. The summed E-state index contributed by atoms with van der Waals surface area (Å²) in [5.74, 6) is -0.646. The Labute approximate surface area is 232 Å². The maximum atomic E-state index is 14.5. The van der Waals surface area contributed by atoms with E-state index in [1.54, 1.807) is 16.8 Å². The molecular formula is C26H22Cl2F2N6O3. The summed E-state index contributed by atoms with van der Waals surface area (Å²) in [7, 11) is 1.86. The predicted octanol–water partition coefficient (Wildman–Crippen LogP) is 6.14. The summed E-state index contributed by atoms with van der Waals surface area (Å²) < 4.78 is 35.5. The van der Waals surface area contributed by atoms with E-state index in [1.165, 1.54) is 30.6 Å². The van der Waals surface area contributed by atoms with Crippen molar-refractivity contribution in [2.75, 3.05) is 25.1 Å². The first-order chi connectivity index (χ1) is 18.7. The number of imidazole rings is 1. The third-order valence-corrected chi connectivity index (χ3v) is 6.95. The molecule has 202 valence electrons. The average molecular weight is 575 g/mol. The van der Waals surface area contributed by atoms with Crippen LogP contribution in [0.3, 0.4) is 0 Å². The minimum absolute atomic E-state index is 0.0431. The fraction of sp³-hybridized carbons (Fsp3) is 0.269. The van der Waals surface area contributed by atoms with Crippen molar-refractivity contribution in [3.05, 3.63) is 97.9 Å². The number of nitro benzene ring substituents is 1. The zero-order valence-corrected chi connectivity index (χ0v) is 22.2. The van der Waals surface area contributed by atoms with Crippen LogP contribution in [-0.2, 0) is 6.42 Å². The number of anilines is 1. The lowest BCUT2D eigenvalue weighted by atomic mass is 9.96. The Morgan fingerprint density at radius 1 is 1.21 bits per heavy atom. The van der Waals surface area contributed by atoms with Gasteiger partial charge in [0.1, 0.15) is 34.7 Å². The first kappa shape index (κ1) is 26.8. The molecule has 0 bridgehead atoms. The van der Waals surface area contributed by atoms with Gasteiger partial charge in [-0.2, -0.15) is 0 Å².